The van der Waals surface area contributed by atoms with E-state index in [1.807, 2.05) is 0 Å². The van der Waals surface area contributed by atoms with Crippen LogP contribution < -0.4 is 33.3 Å². The third-order valence-corrected chi connectivity index (χ3v) is 19.8. The molecule has 95 heavy (non-hydrogen) atoms. The Hall–Kier alpha value is -6.93. The van der Waals surface area contributed by atoms with Crippen LogP contribution in [0, 0.1) is 19.8 Å². The van der Waals surface area contributed by atoms with Gasteiger partial charge in [0, 0.05) is 5.69 Å². The van der Waals surface area contributed by atoms with Crippen LogP contribution in [-0.4, -0.2) is 33.0 Å². The van der Waals surface area contributed by atoms with Crippen molar-refractivity contribution in [3.05, 3.63) is 155 Å². The van der Waals surface area contributed by atoms with Crippen LogP contribution >= 0.6 is 0 Å². The Kier molecular flexibility index (Phi) is 30.3. The first-order valence-corrected chi connectivity index (χ1v) is 36.8. The van der Waals surface area contributed by atoms with Gasteiger partial charge in [-0.2, -0.15) is 0 Å². The second-order valence-electron chi connectivity index (χ2n) is 27.0. The molecule has 1 aliphatic heterocycles. The van der Waals surface area contributed by atoms with E-state index in [4.69, 9.17) is 28.4 Å². The van der Waals surface area contributed by atoms with Gasteiger partial charge in [0.25, 0.3) is 0 Å². The summed E-state index contributed by atoms with van der Waals surface area (Å²) in [5.74, 6) is 6.42. The fourth-order valence-electron chi connectivity index (χ4n) is 14.4. The van der Waals surface area contributed by atoms with Gasteiger partial charge in [0.1, 0.15) is 5.75 Å². The number of halogens is 1. The van der Waals surface area contributed by atoms with Crippen LogP contribution in [-0.2, 0) is 5.41 Å². The molecule has 0 saturated heterocycles. The summed E-state index contributed by atoms with van der Waals surface area (Å²) in [6, 6.07) is 45.7. The third-order valence-electron chi connectivity index (χ3n) is 19.8. The van der Waals surface area contributed by atoms with Crippen molar-refractivity contribution < 1.29 is 33.1 Å². The second kappa shape index (κ2) is 38.1. The maximum atomic E-state index is 7.09. The Bertz CT molecular complexity index is 3370. The SMILES string of the molecule is C.C.CCCCCCCCOc1cc2c(cc1OCCCCCCCC)C1(c3cc(C)ccc3-c3ccc(-c4ccc5c(c4)Oc4cc(C)ccc4N5c4ccc(OCC(CC)CCCC)cc4)cc31)c1cc(OCCCCCCCC)c(OCCCCCCCC)cc1-2.F. The number of unbranched alkanes of at least 4 members (excludes halogenated alkanes) is 21. The van der Waals surface area contributed by atoms with Crippen LogP contribution in [0.1, 0.15) is 270 Å². The van der Waals surface area contributed by atoms with Crippen LogP contribution in [0.3, 0.4) is 0 Å². The predicted molar refractivity (Wildman–Crippen MR) is 403 cm³/mol. The second-order valence-corrected chi connectivity index (χ2v) is 27.0. The number of hydrogen-bond donors (Lipinski definition) is 0. The first kappa shape index (κ1) is 75.5. The van der Waals surface area contributed by atoms with Crippen LogP contribution in [0.4, 0.5) is 21.8 Å². The lowest BCUT2D eigenvalue weighted by Gasteiger charge is -2.33. The lowest BCUT2D eigenvalue weighted by Crippen LogP contribution is -2.26. The minimum absolute atomic E-state index is 0. The molecule has 1 unspecified atom stereocenters. The van der Waals surface area contributed by atoms with Gasteiger partial charge in [-0.1, -0.05) is 252 Å². The highest BCUT2D eigenvalue weighted by atomic mass is 19.0. The molecule has 0 N–H and O–H groups in total. The van der Waals surface area contributed by atoms with Gasteiger partial charge in [-0.3, -0.25) is 4.70 Å². The van der Waals surface area contributed by atoms with Crippen molar-refractivity contribution in [1.29, 1.82) is 0 Å². The Morgan fingerprint density at radius 2 is 0.758 bits per heavy atom. The summed E-state index contributed by atoms with van der Waals surface area (Å²) >= 11 is 0. The zero-order chi connectivity index (χ0) is 64.1. The van der Waals surface area contributed by atoms with E-state index in [9.17, 15) is 0 Å². The summed E-state index contributed by atoms with van der Waals surface area (Å²) in [6.45, 7) is 21.4. The molecule has 0 radical (unpaired) electrons. The highest BCUT2D eigenvalue weighted by Crippen LogP contribution is 2.66. The number of ether oxygens (including phenoxy) is 6. The zero-order valence-corrected chi connectivity index (χ0v) is 58.3. The fourth-order valence-corrected chi connectivity index (χ4v) is 14.4. The molecule has 7 nitrogen and oxygen atoms in total. The smallest absolute Gasteiger partial charge is 0.161 e. The molecule has 0 amide bonds. The standard InChI is InChI=1S/C85H111NO6.2CH4.FH/c1-9-15-20-24-28-32-49-87-81-57-71-72-58-82(88-50-33-29-25-21-16-10-2)84(90-52-35-31-27-23-18-12-4)60-76(72)85(75(71)59-83(81)89-51-34-30-26-22-17-11-3)73-53-62(7)37-45-69(73)70-46-39-65(55-74(70)85)66-40-48-78-80(56-66)92-79-54-63(8)38-47-77(79)86(78)67-41-43-68(44-42-67)91-61-64(14-6)36-19-13-5;;;/h37-48,53-60,64H,9-36,49-52,61H2,1-8H3;2*1H4;1H. The summed E-state index contributed by atoms with van der Waals surface area (Å²) in [7, 11) is 0. The van der Waals surface area contributed by atoms with E-state index in [1.165, 1.54) is 161 Å². The average molecular weight is 1290 g/mol. The van der Waals surface area contributed by atoms with E-state index in [0.29, 0.717) is 32.3 Å². The normalized spacial score (nSPS) is 12.8. The molecule has 0 fully saturated rings. The molecule has 8 heteroatoms. The van der Waals surface area contributed by atoms with Crippen molar-refractivity contribution in [2.24, 2.45) is 5.92 Å². The summed E-state index contributed by atoms with van der Waals surface area (Å²) in [4.78, 5) is 2.34. The van der Waals surface area contributed by atoms with Crippen LogP contribution in [0.2, 0.25) is 0 Å². The molecular formula is C87H120FNO6. The lowest BCUT2D eigenvalue weighted by molar-refractivity contribution is 0.233. The van der Waals surface area contributed by atoms with Crippen LogP contribution in [0.5, 0.6) is 40.2 Å². The Labute approximate surface area is 574 Å². The van der Waals surface area contributed by atoms with E-state index in [-0.39, 0.29) is 19.6 Å². The molecule has 7 aromatic rings. The minimum Gasteiger partial charge on any atom is -0.493 e. The van der Waals surface area contributed by atoms with Crippen molar-refractivity contribution in [2.45, 2.75) is 255 Å². The van der Waals surface area contributed by atoms with Gasteiger partial charge < -0.3 is 33.3 Å². The molecule has 0 bridgehead atoms. The zero-order valence-electron chi connectivity index (χ0n) is 58.3. The van der Waals surface area contributed by atoms with Crippen molar-refractivity contribution in [1.82, 2.24) is 0 Å². The number of nitrogens with zero attached hydrogens (tertiary/aromatic N) is 1. The fraction of sp³-hybridized carbons (Fsp3) is 0.517. The number of anilines is 3. The van der Waals surface area contributed by atoms with Crippen LogP contribution in [0.15, 0.2) is 121 Å². The number of benzene rings is 7. The van der Waals surface area contributed by atoms with Crippen molar-refractivity contribution >= 4 is 17.1 Å². The molecule has 1 heterocycles. The minimum atomic E-state index is -0.732. The highest BCUT2D eigenvalue weighted by molar-refractivity contribution is 5.98. The van der Waals surface area contributed by atoms with E-state index >= 15 is 0 Å². The van der Waals surface area contributed by atoms with Crippen molar-refractivity contribution in [3.63, 3.8) is 0 Å². The van der Waals surface area contributed by atoms with E-state index in [2.05, 4.69) is 182 Å². The molecule has 0 aromatic heterocycles. The topological polar surface area (TPSA) is 58.6 Å². The summed E-state index contributed by atoms with van der Waals surface area (Å²) in [5.41, 5.74) is 16.7. The summed E-state index contributed by atoms with van der Waals surface area (Å²) < 4.78 is 41.6. The lowest BCUT2D eigenvalue weighted by atomic mass is 9.70. The quantitative estimate of drug-likeness (QED) is 0.0354. The molecule has 7 aromatic carbocycles. The summed E-state index contributed by atoms with van der Waals surface area (Å²) in [6.07, 6.45) is 33.5. The third kappa shape index (κ3) is 18.2. The van der Waals surface area contributed by atoms with Gasteiger partial charge in [-0.25, -0.2) is 0 Å². The average Bonchev–Trinajstić information content (AvgIpc) is 1.51. The van der Waals surface area contributed by atoms with Gasteiger partial charge in [-0.15, -0.1) is 0 Å². The van der Waals surface area contributed by atoms with E-state index in [0.717, 1.165) is 150 Å². The first-order valence-electron chi connectivity index (χ1n) is 36.8. The number of aryl methyl sites for hydroxylation is 2. The maximum Gasteiger partial charge on any atom is 0.161 e. The highest BCUT2D eigenvalue weighted by Gasteiger charge is 2.53. The summed E-state index contributed by atoms with van der Waals surface area (Å²) in [5, 5.41) is 0. The number of rotatable bonds is 41. The largest absolute Gasteiger partial charge is 0.493 e. The molecule has 516 valence electrons. The number of fused-ring (bicyclic) bond motifs is 12. The molecule has 2 aliphatic carbocycles. The van der Waals surface area contributed by atoms with Crippen LogP contribution in [0.25, 0.3) is 33.4 Å². The van der Waals surface area contributed by atoms with Gasteiger partial charge >= 0.3 is 0 Å². The Morgan fingerprint density at radius 1 is 0.368 bits per heavy atom. The maximum absolute atomic E-state index is 7.09. The molecule has 1 spiro atoms. The van der Waals surface area contributed by atoms with Gasteiger partial charge in [0.05, 0.1) is 49.8 Å². The molecule has 3 aliphatic rings. The molecule has 1 atom stereocenters. The van der Waals surface area contributed by atoms with Gasteiger partial charge in [-0.05, 0) is 192 Å². The molecule has 0 saturated carbocycles. The molecule has 10 rings (SSSR count). The molecular weight excluding hydrogens is 1170 g/mol. The van der Waals surface area contributed by atoms with Gasteiger partial charge in [0.15, 0.2) is 34.5 Å². The van der Waals surface area contributed by atoms with Gasteiger partial charge in [0.2, 0.25) is 0 Å². The Balaban J connectivity index is 0.00000425. The number of hydrogen-bond acceptors (Lipinski definition) is 7. The van der Waals surface area contributed by atoms with E-state index in [1.54, 1.807) is 0 Å². The monoisotopic (exact) mass is 1290 g/mol. The van der Waals surface area contributed by atoms with Crippen molar-refractivity contribution in [3.8, 4) is 73.6 Å². The van der Waals surface area contributed by atoms with Crippen molar-refractivity contribution in [2.75, 3.05) is 37.9 Å². The Morgan fingerprint density at radius 3 is 1.25 bits per heavy atom. The first-order chi connectivity index (χ1) is 45.2. The van der Waals surface area contributed by atoms with E-state index < -0.39 is 5.41 Å². The predicted octanol–water partition coefficient (Wildman–Crippen LogP) is 26.9.